The number of carbonyl (C=O) groups is 1. The van der Waals surface area contributed by atoms with Crippen molar-refractivity contribution in [1.82, 2.24) is 10.3 Å². The van der Waals surface area contributed by atoms with Gasteiger partial charge in [-0.2, -0.15) is 5.10 Å². The van der Waals surface area contributed by atoms with Crippen molar-refractivity contribution >= 4 is 12.1 Å². The van der Waals surface area contributed by atoms with E-state index in [9.17, 15) is 4.79 Å². The molecule has 7 heteroatoms. The fourth-order valence-electron chi connectivity index (χ4n) is 2.85. The first-order chi connectivity index (χ1) is 12.2. The van der Waals surface area contributed by atoms with Crippen LogP contribution >= 0.6 is 0 Å². The number of hydrogen-bond donors (Lipinski definition) is 1. The zero-order chi connectivity index (χ0) is 18.1. The Morgan fingerprint density at radius 1 is 1.12 bits per heavy atom. The molecule has 1 heterocycles. The van der Waals surface area contributed by atoms with Gasteiger partial charge in [0.2, 0.25) is 11.7 Å². The minimum absolute atomic E-state index is 0.0886. The normalized spacial score (nSPS) is 15.2. The maximum Gasteiger partial charge on any atom is 0.241 e. The van der Waals surface area contributed by atoms with Gasteiger partial charge in [0.05, 0.1) is 27.5 Å². The smallest absolute Gasteiger partial charge is 0.241 e. The van der Waals surface area contributed by atoms with Gasteiger partial charge in [-0.1, -0.05) is 6.42 Å². The Morgan fingerprint density at radius 2 is 1.76 bits per heavy atom. The van der Waals surface area contributed by atoms with Crippen LogP contribution in [0.15, 0.2) is 17.2 Å². The molecule has 1 aliphatic rings. The van der Waals surface area contributed by atoms with Crippen LogP contribution in [-0.2, 0) is 4.79 Å². The van der Waals surface area contributed by atoms with Crippen LogP contribution in [0, 0.1) is 0 Å². The number of nitrogens with zero attached hydrogens (tertiary/aromatic N) is 2. The molecule has 7 nitrogen and oxygen atoms in total. The lowest BCUT2D eigenvalue weighted by Gasteiger charge is -2.25. The van der Waals surface area contributed by atoms with Crippen molar-refractivity contribution in [2.24, 2.45) is 5.10 Å². The summed E-state index contributed by atoms with van der Waals surface area (Å²) in [5.41, 5.74) is 3.31. The van der Waals surface area contributed by atoms with E-state index in [4.69, 9.17) is 14.2 Å². The lowest BCUT2D eigenvalue weighted by molar-refractivity contribution is -0.121. The summed E-state index contributed by atoms with van der Waals surface area (Å²) >= 11 is 0. The Bertz CT molecular complexity index is 573. The van der Waals surface area contributed by atoms with Crippen molar-refractivity contribution in [2.75, 3.05) is 41.0 Å². The van der Waals surface area contributed by atoms with E-state index in [1.54, 1.807) is 39.7 Å². The van der Waals surface area contributed by atoms with Gasteiger partial charge in [0.1, 0.15) is 0 Å². The third-order valence-electron chi connectivity index (χ3n) is 4.19. The molecule has 1 aromatic rings. The van der Waals surface area contributed by atoms with Crippen molar-refractivity contribution in [3.63, 3.8) is 0 Å². The summed E-state index contributed by atoms with van der Waals surface area (Å²) in [5.74, 6) is 1.52. The number of nitrogens with one attached hydrogen (secondary N) is 1. The Morgan fingerprint density at radius 3 is 2.32 bits per heavy atom. The van der Waals surface area contributed by atoms with E-state index >= 15 is 0 Å². The fraction of sp³-hybridized carbons (Fsp3) is 0.556. The van der Waals surface area contributed by atoms with E-state index in [0.29, 0.717) is 23.7 Å². The molecule has 0 unspecified atom stereocenters. The fourth-order valence-corrected chi connectivity index (χ4v) is 2.85. The molecule has 2 rings (SSSR count). The Hall–Kier alpha value is -2.28. The second kappa shape index (κ2) is 9.88. The van der Waals surface area contributed by atoms with E-state index in [1.807, 2.05) is 0 Å². The number of hydrazone groups is 1. The van der Waals surface area contributed by atoms with Crippen molar-refractivity contribution in [3.8, 4) is 17.2 Å². The van der Waals surface area contributed by atoms with Gasteiger partial charge in [-0.3, -0.25) is 4.79 Å². The monoisotopic (exact) mass is 349 g/mol. The van der Waals surface area contributed by atoms with Gasteiger partial charge < -0.3 is 19.1 Å². The summed E-state index contributed by atoms with van der Waals surface area (Å²) in [6.07, 6.45) is 5.75. The average Bonchev–Trinajstić information content (AvgIpc) is 2.66. The van der Waals surface area contributed by atoms with Crippen molar-refractivity contribution in [3.05, 3.63) is 17.7 Å². The van der Waals surface area contributed by atoms with E-state index in [1.165, 1.54) is 19.3 Å². The molecule has 25 heavy (non-hydrogen) atoms. The molecule has 0 saturated carbocycles. The molecule has 0 bridgehead atoms. The summed E-state index contributed by atoms with van der Waals surface area (Å²) < 4.78 is 15.9. The lowest BCUT2D eigenvalue weighted by atomic mass is 10.1. The molecule has 138 valence electrons. The van der Waals surface area contributed by atoms with Gasteiger partial charge in [0.25, 0.3) is 0 Å². The summed E-state index contributed by atoms with van der Waals surface area (Å²) in [6, 6.07) is 3.54. The Balaban J connectivity index is 1.89. The third-order valence-corrected chi connectivity index (χ3v) is 4.19. The minimum Gasteiger partial charge on any atom is -0.493 e. The standard InChI is InChI=1S/C18H27N3O4/c1-23-15-11-14(12-16(24-2)18(15)25-3)13-19-20-17(22)7-10-21-8-5-4-6-9-21/h11-13H,4-10H2,1-3H3,(H,20,22)/b19-13-. The Labute approximate surface area is 148 Å². The summed E-state index contributed by atoms with van der Waals surface area (Å²) in [7, 11) is 4.66. The number of rotatable bonds is 8. The Kier molecular flexibility index (Phi) is 7.53. The highest BCUT2D eigenvalue weighted by Crippen LogP contribution is 2.37. The highest BCUT2D eigenvalue weighted by atomic mass is 16.5. The van der Waals surface area contributed by atoms with Crippen LogP contribution < -0.4 is 19.6 Å². The van der Waals surface area contributed by atoms with Crippen molar-refractivity contribution in [1.29, 1.82) is 0 Å². The molecule has 0 atom stereocenters. The first-order valence-electron chi connectivity index (χ1n) is 8.52. The molecule has 0 aromatic heterocycles. The number of ether oxygens (including phenoxy) is 3. The predicted octanol–water partition coefficient (Wildman–Crippen LogP) is 2.04. The van der Waals surface area contributed by atoms with E-state index in [2.05, 4.69) is 15.4 Å². The molecular formula is C18H27N3O4. The molecule has 1 amide bonds. The van der Waals surface area contributed by atoms with Crippen LogP contribution in [0.5, 0.6) is 17.2 Å². The quantitative estimate of drug-likeness (QED) is 0.574. The largest absolute Gasteiger partial charge is 0.493 e. The van der Waals surface area contributed by atoms with Gasteiger partial charge in [-0.05, 0) is 38.1 Å². The zero-order valence-electron chi connectivity index (χ0n) is 15.2. The summed E-state index contributed by atoms with van der Waals surface area (Å²) in [6.45, 7) is 2.95. The maximum absolute atomic E-state index is 11.9. The third kappa shape index (κ3) is 5.63. The van der Waals surface area contributed by atoms with E-state index < -0.39 is 0 Å². The van der Waals surface area contributed by atoms with Gasteiger partial charge in [0.15, 0.2) is 11.5 Å². The molecule has 1 aliphatic heterocycles. The molecule has 1 fully saturated rings. The second-order valence-corrected chi connectivity index (χ2v) is 5.90. The van der Waals surface area contributed by atoms with Crippen LogP contribution in [0.2, 0.25) is 0 Å². The van der Waals surface area contributed by atoms with Gasteiger partial charge >= 0.3 is 0 Å². The van der Waals surface area contributed by atoms with E-state index in [0.717, 1.165) is 25.2 Å². The number of amides is 1. The predicted molar refractivity (Wildman–Crippen MR) is 96.7 cm³/mol. The minimum atomic E-state index is -0.0886. The molecule has 1 aromatic carbocycles. The number of benzene rings is 1. The molecular weight excluding hydrogens is 322 g/mol. The number of piperidine rings is 1. The van der Waals surface area contributed by atoms with Crippen molar-refractivity contribution in [2.45, 2.75) is 25.7 Å². The highest BCUT2D eigenvalue weighted by Gasteiger charge is 2.13. The van der Waals surface area contributed by atoms with Gasteiger partial charge in [0, 0.05) is 18.5 Å². The number of hydrogen-bond acceptors (Lipinski definition) is 6. The highest BCUT2D eigenvalue weighted by molar-refractivity contribution is 5.84. The number of carbonyl (C=O) groups excluding carboxylic acids is 1. The molecule has 1 N–H and O–H groups in total. The number of likely N-dealkylation sites (tertiary alicyclic amines) is 1. The molecule has 0 radical (unpaired) electrons. The number of methoxy groups -OCH3 is 3. The van der Waals surface area contributed by atoms with Crippen LogP contribution in [0.1, 0.15) is 31.2 Å². The van der Waals surface area contributed by atoms with Crippen LogP contribution in [0.3, 0.4) is 0 Å². The topological polar surface area (TPSA) is 72.4 Å². The molecule has 0 spiro atoms. The van der Waals surface area contributed by atoms with Gasteiger partial charge in [-0.25, -0.2) is 5.43 Å². The first kappa shape index (κ1) is 19.1. The summed E-state index contributed by atoms with van der Waals surface area (Å²) in [4.78, 5) is 14.2. The van der Waals surface area contributed by atoms with Crippen LogP contribution in [0.4, 0.5) is 0 Å². The lowest BCUT2D eigenvalue weighted by Crippen LogP contribution is -2.33. The van der Waals surface area contributed by atoms with Crippen LogP contribution in [-0.4, -0.2) is 58.0 Å². The first-order valence-corrected chi connectivity index (χ1v) is 8.52. The summed E-state index contributed by atoms with van der Waals surface area (Å²) in [5, 5.41) is 4.02. The second-order valence-electron chi connectivity index (χ2n) is 5.90. The van der Waals surface area contributed by atoms with Crippen molar-refractivity contribution < 1.29 is 19.0 Å². The average molecular weight is 349 g/mol. The zero-order valence-corrected chi connectivity index (χ0v) is 15.2. The van der Waals surface area contributed by atoms with E-state index in [-0.39, 0.29) is 5.91 Å². The molecule has 1 saturated heterocycles. The van der Waals surface area contributed by atoms with Gasteiger partial charge in [-0.15, -0.1) is 0 Å². The SMILES string of the molecule is COc1cc(/C=N\NC(=O)CCN2CCCCC2)cc(OC)c1OC. The maximum atomic E-state index is 11.9. The van der Waals surface area contributed by atoms with Crippen LogP contribution in [0.25, 0.3) is 0 Å². The molecule has 0 aliphatic carbocycles.